The van der Waals surface area contributed by atoms with Crippen molar-refractivity contribution in [1.29, 1.82) is 0 Å². The van der Waals surface area contributed by atoms with Crippen LogP contribution in [0, 0.1) is 0 Å². The van der Waals surface area contributed by atoms with Gasteiger partial charge in [0.1, 0.15) is 5.75 Å². The van der Waals surface area contributed by atoms with E-state index in [0.717, 1.165) is 6.07 Å². The lowest BCUT2D eigenvalue weighted by molar-refractivity contribution is -0.137. The molecule has 0 aliphatic rings. The van der Waals surface area contributed by atoms with Crippen molar-refractivity contribution in [2.24, 2.45) is 0 Å². The van der Waals surface area contributed by atoms with Crippen molar-refractivity contribution in [3.63, 3.8) is 0 Å². The largest absolute Gasteiger partial charge is 0.507 e. The average Bonchev–Trinajstić information content (AvgIpc) is 2.55. The molecule has 0 fully saturated rings. The number of aromatic nitrogens is 1. The molecule has 0 unspecified atom stereocenters. The standard InChI is InChI=1S/C17H11F3N2O3/c18-17(19,20)9-4-5-14(23)12(8-9)16(25)22-13-3-1-2-11-10(13)6-7-21-15(11)24/h1-8,23H,(H,21,24)(H,22,25). The van der Waals surface area contributed by atoms with E-state index in [-0.39, 0.29) is 11.2 Å². The number of phenols is 1. The molecule has 1 heterocycles. The molecule has 0 saturated heterocycles. The van der Waals surface area contributed by atoms with Crippen LogP contribution in [0.2, 0.25) is 0 Å². The van der Waals surface area contributed by atoms with Crippen LogP contribution in [0.15, 0.2) is 53.5 Å². The fourth-order valence-electron chi connectivity index (χ4n) is 2.41. The summed E-state index contributed by atoms with van der Waals surface area (Å²) in [5.41, 5.74) is -1.69. The van der Waals surface area contributed by atoms with Gasteiger partial charge >= 0.3 is 6.18 Å². The van der Waals surface area contributed by atoms with Gasteiger partial charge in [0, 0.05) is 22.7 Å². The second-order valence-corrected chi connectivity index (χ2v) is 5.26. The molecule has 0 saturated carbocycles. The van der Waals surface area contributed by atoms with Gasteiger partial charge in [0.05, 0.1) is 11.1 Å². The predicted octanol–water partition coefficient (Wildman–Crippen LogP) is 3.50. The summed E-state index contributed by atoms with van der Waals surface area (Å²) in [6.45, 7) is 0. The zero-order valence-electron chi connectivity index (χ0n) is 12.5. The smallest absolute Gasteiger partial charge is 0.416 e. The summed E-state index contributed by atoms with van der Waals surface area (Å²) in [5.74, 6) is -1.50. The summed E-state index contributed by atoms with van der Waals surface area (Å²) >= 11 is 0. The van der Waals surface area contributed by atoms with E-state index in [9.17, 15) is 27.9 Å². The van der Waals surface area contributed by atoms with Crippen molar-refractivity contribution in [2.45, 2.75) is 6.18 Å². The highest BCUT2D eigenvalue weighted by atomic mass is 19.4. The molecule has 0 spiro atoms. The Balaban J connectivity index is 2.02. The fourth-order valence-corrected chi connectivity index (χ4v) is 2.41. The van der Waals surface area contributed by atoms with Crippen LogP contribution < -0.4 is 10.9 Å². The number of benzene rings is 2. The van der Waals surface area contributed by atoms with Gasteiger partial charge in [0.2, 0.25) is 0 Å². The molecule has 3 N–H and O–H groups in total. The first-order valence-electron chi connectivity index (χ1n) is 7.09. The van der Waals surface area contributed by atoms with Crippen molar-refractivity contribution in [2.75, 3.05) is 5.32 Å². The number of alkyl halides is 3. The molecule has 8 heteroatoms. The Morgan fingerprint density at radius 3 is 2.56 bits per heavy atom. The number of anilines is 1. The number of aromatic amines is 1. The highest BCUT2D eigenvalue weighted by molar-refractivity contribution is 6.10. The van der Waals surface area contributed by atoms with E-state index < -0.39 is 29.0 Å². The van der Waals surface area contributed by atoms with Gasteiger partial charge in [0.25, 0.3) is 11.5 Å². The topological polar surface area (TPSA) is 82.2 Å². The third-order valence-electron chi connectivity index (χ3n) is 3.63. The first kappa shape index (κ1) is 16.6. The molecule has 0 bridgehead atoms. The second kappa shape index (κ2) is 5.97. The molecular weight excluding hydrogens is 337 g/mol. The van der Waals surface area contributed by atoms with Gasteiger partial charge in [-0.25, -0.2) is 0 Å². The number of hydrogen-bond donors (Lipinski definition) is 3. The lowest BCUT2D eigenvalue weighted by atomic mass is 10.1. The van der Waals surface area contributed by atoms with Crippen LogP contribution in [0.5, 0.6) is 5.75 Å². The van der Waals surface area contributed by atoms with E-state index in [0.29, 0.717) is 22.9 Å². The molecule has 0 aliphatic carbocycles. The summed E-state index contributed by atoms with van der Waals surface area (Å²) in [4.78, 5) is 26.6. The van der Waals surface area contributed by atoms with E-state index in [4.69, 9.17) is 0 Å². The maximum atomic E-state index is 12.8. The Bertz CT molecular complexity index is 1030. The molecule has 25 heavy (non-hydrogen) atoms. The highest BCUT2D eigenvalue weighted by Gasteiger charge is 2.31. The number of halogens is 3. The van der Waals surface area contributed by atoms with E-state index in [1.807, 2.05) is 0 Å². The number of carbonyl (C=O) groups is 1. The van der Waals surface area contributed by atoms with Gasteiger partial charge in [-0.05, 0) is 36.4 Å². The number of amides is 1. The average molecular weight is 348 g/mol. The van der Waals surface area contributed by atoms with E-state index in [1.54, 1.807) is 12.1 Å². The first-order valence-corrected chi connectivity index (χ1v) is 7.09. The van der Waals surface area contributed by atoms with E-state index in [2.05, 4.69) is 10.3 Å². The number of aromatic hydroxyl groups is 1. The summed E-state index contributed by atoms with van der Waals surface area (Å²) < 4.78 is 38.4. The number of fused-ring (bicyclic) bond motifs is 1. The van der Waals surface area contributed by atoms with Crippen LogP contribution >= 0.6 is 0 Å². The van der Waals surface area contributed by atoms with Crippen LogP contribution in [0.1, 0.15) is 15.9 Å². The lowest BCUT2D eigenvalue weighted by Gasteiger charge is -2.12. The molecule has 0 aliphatic heterocycles. The number of carbonyl (C=O) groups excluding carboxylic acids is 1. The SMILES string of the molecule is O=C(Nc1cccc2c(=O)[nH]ccc12)c1cc(C(F)(F)F)ccc1O. The van der Waals surface area contributed by atoms with Crippen LogP contribution in [-0.4, -0.2) is 16.0 Å². The van der Waals surface area contributed by atoms with Gasteiger partial charge in [-0.2, -0.15) is 13.2 Å². The Hall–Kier alpha value is -3.29. The van der Waals surface area contributed by atoms with Gasteiger partial charge < -0.3 is 15.4 Å². The van der Waals surface area contributed by atoms with Crippen molar-refractivity contribution in [1.82, 2.24) is 4.98 Å². The molecular formula is C17H11F3N2O3. The van der Waals surface area contributed by atoms with Crippen molar-refractivity contribution >= 4 is 22.4 Å². The minimum absolute atomic E-state index is 0.241. The van der Waals surface area contributed by atoms with Gasteiger partial charge in [-0.1, -0.05) is 6.07 Å². The molecule has 1 amide bonds. The molecule has 3 aromatic rings. The van der Waals surface area contributed by atoms with Crippen LogP contribution in [-0.2, 0) is 6.18 Å². The molecule has 2 aromatic carbocycles. The zero-order valence-corrected chi connectivity index (χ0v) is 12.5. The Kier molecular flexibility index (Phi) is 3.96. The molecule has 3 rings (SSSR count). The minimum atomic E-state index is -4.64. The van der Waals surface area contributed by atoms with Gasteiger partial charge in [0.15, 0.2) is 0 Å². The summed E-state index contributed by atoms with van der Waals surface area (Å²) in [7, 11) is 0. The van der Waals surface area contributed by atoms with Crippen molar-refractivity contribution < 1.29 is 23.1 Å². The van der Waals surface area contributed by atoms with E-state index in [1.165, 1.54) is 18.3 Å². The summed E-state index contributed by atoms with van der Waals surface area (Å²) in [5, 5.41) is 12.9. The lowest BCUT2D eigenvalue weighted by Crippen LogP contribution is -2.15. The Morgan fingerprint density at radius 1 is 1.08 bits per heavy atom. The Labute approximate surface area is 138 Å². The first-order chi connectivity index (χ1) is 11.8. The third kappa shape index (κ3) is 3.18. The van der Waals surface area contributed by atoms with E-state index >= 15 is 0 Å². The normalized spacial score (nSPS) is 11.5. The molecule has 5 nitrogen and oxygen atoms in total. The fraction of sp³-hybridized carbons (Fsp3) is 0.0588. The number of H-pyrrole nitrogens is 1. The number of phenolic OH excluding ortho intramolecular Hbond substituents is 1. The van der Waals surface area contributed by atoms with Crippen molar-refractivity contribution in [3.8, 4) is 5.75 Å². The van der Waals surface area contributed by atoms with Crippen molar-refractivity contribution in [3.05, 3.63) is 70.1 Å². The third-order valence-corrected chi connectivity index (χ3v) is 3.63. The van der Waals surface area contributed by atoms with Gasteiger partial charge in [-0.3, -0.25) is 9.59 Å². The summed E-state index contributed by atoms with van der Waals surface area (Å²) in [6.07, 6.45) is -3.25. The maximum Gasteiger partial charge on any atom is 0.416 e. The molecule has 0 radical (unpaired) electrons. The monoisotopic (exact) mass is 348 g/mol. The number of pyridine rings is 1. The maximum absolute atomic E-state index is 12.8. The van der Waals surface area contributed by atoms with Crippen LogP contribution in [0.3, 0.4) is 0 Å². The highest BCUT2D eigenvalue weighted by Crippen LogP contribution is 2.32. The quantitative estimate of drug-likeness (QED) is 0.663. The zero-order chi connectivity index (χ0) is 18.2. The van der Waals surface area contributed by atoms with Crippen LogP contribution in [0.25, 0.3) is 10.8 Å². The number of hydrogen-bond acceptors (Lipinski definition) is 3. The van der Waals surface area contributed by atoms with Gasteiger partial charge in [-0.15, -0.1) is 0 Å². The molecule has 128 valence electrons. The Morgan fingerprint density at radius 2 is 1.84 bits per heavy atom. The molecule has 0 atom stereocenters. The second-order valence-electron chi connectivity index (χ2n) is 5.26. The minimum Gasteiger partial charge on any atom is -0.507 e. The number of rotatable bonds is 2. The summed E-state index contributed by atoms with van der Waals surface area (Å²) in [6, 6.07) is 8.20. The number of nitrogens with one attached hydrogen (secondary N) is 2. The van der Waals surface area contributed by atoms with Crippen LogP contribution in [0.4, 0.5) is 18.9 Å². The molecule has 1 aromatic heterocycles. The predicted molar refractivity (Wildman–Crippen MR) is 85.6 cm³/mol.